The summed E-state index contributed by atoms with van der Waals surface area (Å²) in [5.74, 6) is 0. The van der Waals surface area contributed by atoms with E-state index in [1.54, 1.807) is 12.1 Å². The Kier molecular flexibility index (Phi) is 6.90. The first-order valence-corrected chi connectivity index (χ1v) is 11.2. The summed E-state index contributed by atoms with van der Waals surface area (Å²) in [7, 11) is -3.70. The van der Waals surface area contributed by atoms with Crippen molar-refractivity contribution in [1.82, 2.24) is 4.31 Å². The number of hydrogen-bond donors (Lipinski definition) is 2. The summed E-state index contributed by atoms with van der Waals surface area (Å²) in [5.41, 5.74) is 2.63. The zero-order valence-corrected chi connectivity index (χ0v) is 17.8. The third-order valence-corrected chi connectivity index (χ3v) is 6.98. The molecule has 0 radical (unpaired) electrons. The van der Waals surface area contributed by atoms with Gasteiger partial charge in [0, 0.05) is 24.5 Å². The maximum absolute atomic E-state index is 12.9. The molecule has 150 valence electrons. The number of benzene rings is 2. The SMILES string of the molecule is CCc1ccc(NC(=S)Nc2ccc(Cl)c(S(=O)(=O)N3CCOCC3)c2)cc1. The van der Waals surface area contributed by atoms with Gasteiger partial charge in [0.2, 0.25) is 10.0 Å². The second-order valence-electron chi connectivity index (χ2n) is 6.29. The van der Waals surface area contributed by atoms with Gasteiger partial charge in [0.15, 0.2) is 5.11 Å². The Morgan fingerprint density at radius 2 is 1.71 bits per heavy atom. The number of anilines is 2. The third kappa shape index (κ3) is 5.01. The van der Waals surface area contributed by atoms with Gasteiger partial charge in [-0.15, -0.1) is 0 Å². The highest BCUT2D eigenvalue weighted by Gasteiger charge is 2.28. The minimum Gasteiger partial charge on any atom is -0.379 e. The second kappa shape index (κ2) is 9.19. The van der Waals surface area contributed by atoms with E-state index in [0.29, 0.717) is 37.1 Å². The topological polar surface area (TPSA) is 70.7 Å². The Hall–Kier alpha value is -1.71. The molecule has 9 heteroatoms. The summed E-state index contributed by atoms with van der Waals surface area (Å²) in [4.78, 5) is 0.0520. The molecule has 1 fully saturated rings. The van der Waals surface area contributed by atoms with E-state index in [4.69, 9.17) is 28.6 Å². The molecule has 0 atom stereocenters. The van der Waals surface area contributed by atoms with Crippen molar-refractivity contribution in [2.75, 3.05) is 36.9 Å². The molecule has 1 aliphatic rings. The molecule has 1 heterocycles. The normalized spacial score (nSPS) is 15.2. The van der Waals surface area contributed by atoms with Crippen LogP contribution in [0.25, 0.3) is 0 Å². The first-order chi connectivity index (χ1) is 13.4. The molecule has 0 bridgehead atoms. The number of nitrogens with one attached hydrogen (secondary N) is 2. The number of nitrogens with zero attached hydrogens (tertiary/aromatic N) is 1. The Morgan fingerprint density at radius 3 is 2.36 bits per heavy atom. The van der Waals surface area contributed by atoms with Crippen LogP contribution in [-0.2, 0) is 21.2 Å². The van der Waals surface area contributed by atoms with E-state index in [1.165, 1.54) is 15.9 Å². The second-order valence-corrected chi connectivity index (χ2v) is 9.01. The fraction of sp³-hybridized carbons (Fsp3) is 0.316. The van der Waals surface area contributed by atoms with E-state index in [0.717, 1.165) is 12.1 Å². The van der Waals surface area contributed by atoms with Gasteiger partial charge in [0.05, 0.1) is 18.2 Å². The lowest BCUT2D eigenvalue weighted by atomic mass is 10.1. The lowest BCUT2D eigenvalue weighted by Gasteiger charge is -2.26. The monoisotopic (exact) mass is 439 g/mol. The Morgan fingerprint density at radius 1 is 1.11 bits per heavy atom. The van der Waals surface area contributed by atoms with Gasteiger partial charge >= 0.3 is 0 Å². The predicted octanol–water partition coefficient (Wildman–Crippen LogP) is 3.73. The lowest BCUT2D eigenvalue weighted by molar-refractivity contribution is 0.0730. The Bertz CT molecular complexity index is 943. The first kappa shape index (κ1) is 21.0. The summed E-state index contributed by atoms with van der Waals surface area (Å²) < 4.78 is 32.4. The van der Waals surface area contributed by atoms with Crippen LogP contribution in [0, 0.1) is 0 Å². The molecule has 1 saturated heterocycles. The lowest BCUT2D eigenvalue weighted by Crippen LogP contribution is -2.40. The molecule has 2 aromatic rings. The van der Waals surface area contributed by atoms with E-state index >= 15 is 0 Å². The number of sulfonamides is 1. The van der Waals surface area contributed by atoms with Gasteiger partial charge in [-0.05, 0) is 54.5 Å². The Balaban J connectivity index is 1.74. The summed E-state index contributed by atoms with van der Waals surface area (Å²) in [6.45, 7) is 3.46. The molecule has 1 aliphatic heterocycles. The van der Waals surface area contributed by atoms with E-state index < -0.39 is 10.0 Å². The number of ether oxygens (including phenoxy) is 1. The third-order valence-electron chi connectivity index (χ3n) is 4.40. The Labute approximate surface area is 175 Å². The van der Waals surface area contributed by atoms with Crippen molar-refractivity contribution in [2.24, 2.45) is 0 Å². The number of thiocarbonyl (C=S) groups is 1. The zero-order chi connectivity index (χ0) is 20.1. The molecule has 0 saturated carbocycles. The maximum atomic E-state index is 12.9. The van der Waals surface area contributed by atoms with Crippen LogP contribution in [0.2, 0.25) is 5.02 Å². The van der Waals surface area contributed by atoms with Gasteiger partial charge in [0.1, 0.15) is 4.90 Å². The number of hydrogen-bond acceptors (Lipinski definition) is 4. The van der Waals surface area contributed by atoms with Crippen molar-refractivity contribution in [3.8, 4) is 0 Å². The summed E-state index contributed by atoms with van der Waals surface area (Å²) in [6, 6.07) is 12.7. The van der Waals surface area contributed by atoms with Gasteiger partial charge in [0.25, 0.3) is 0 Å². The van der Waals surface area contributed by atoms with Crippen LogP contribution in [0.4, 0.5) is 11.4 Å². The van der Waals surface area contributed by atoms with Gasteiger partial charge < -0.3 is 15.4 Å². The minimum absolute atomic E-state index is 0.0520. The molecule has 3 rings (SSSR count). The summed E-state index contributed by atoms with van der Waals surface area (Å²) >= 11 is 11.5. The highest BCUT2D eigenvalue weighted by molar-refractivity contribution is 7.89. The fourth-order valence-electron chi connectivity index (χ4n) is 2.82. The molecular weight excluding hydrogens is 418 g/mol. The zero-order valence-electron chi connectivity index (χ0n) is 15.4. The largest absolute Gasteiger partial charge is 0.379 e. The predicted molar refractivity (Wildman–Crippen MR) is 117 cm³/mol. The highest BCUT2D eigenvalue weighted by atomic mass is 35.5. The van der Waals surface area contributed by atoms with Gasteiger partial charge in [-0.1, -0.05) is 30.7 Å². The molecule has 6 nitrogen and oxygen atoms in total. The fourth-order valence-corrected chi connectivity index (χ4v) is 4.97. The van der Waals surface area contributed by atoms with Crippen molar-refractivity contribution >= 4 is 50.3 Å². The van der Waals surface area contributed by atoms with Crippen molar-refractivity contribution in [2.45, 2.75) is 18.2 Å². The molecule has 0 spiro atoms. The summed E-state index contributed by atoms with van der Waals surface area (Å²) in [5, 5.41) is 6.64. The maximum Gasteiger partial charge on any atom is 0.244 e. The van der Waals surface area contributed by atoms with E-state index in [1.807, 2.05) is 24.3 Å². The van der Waals surface area contributed by atoms with E-state index in [9.17, 15) is 8.42 Å². The molecular formula is C19H22ClN3O3S2. The minimum atomic E-state index is -3.70. The van der Waals surface area contributed by atoms with Crippen LogP contribution >= 0.6 is 23.8 Å². The van der Waals surface area contributed by atoms with Crippen molar-refractivity contribution in [3.63, 3.8) is 0 Å². The highest BCUT2D eigenvalue weighted by Crippen LogP contribution is 2.28. The molecule has 2 N–H and O–H groups in total. The van der Waals surface area contributed by atoms with Crippen LogP contribution in [0.1, 0.15) is 12.5 Å². The molecule has 28 heavy (non-hydrogen) atoms. The number of morpholine rings is 1. The average Bonchev–Trinajstić information content (AvgIpc) is 2.70. The van der Waals surface area contributed by atoms with E-state index in [2.05, 4.69) is 17.6 Å². The van der Waals surface area contributed by atoms with Crippen molar-refractivity contribution < 1.29 is 13.2 Å². The summed E-state index contributed by atoms with van der Waals surface area (Å²) in [6.07, 6.45) is 0.966. The number of aryl methyl sites for hydroxylation is 1. The molecule has 0 aliphatic carbocycles. The standard InChI is InChI=1S/C19H22ClN3O3S2/c1-2-14-3-5-15(6-4-14)21-19(27)22-16-7-8-17(20)18(13-16)28(24,25)23-9-11-26-12-10-23/h3-8,13H,2,9-12H2,1H3,(H2,21,22,27). The van der Waals surface area contributed by atoms with Crippen molar-refractivity contribution in [3.05, 3.63) is 53.1 Å². The number of rotatable bonds is 5. The van der Waals surface area contributed by atoms with Crippen LogP contribution < -0.4 is 10.6 Å². The van der Waals surface area contributed by atoms with Crippen LogP contribution in [0.15, 0.2) is 47.4 Å². The van der Waals surface area contributed by atoms with Gasteiger partial charge in [-0.3, -0.25) is 0 Å². The average molecular weight is 440 g/mol. The van der Waals surface area contributed by atoms with E-state index in [-0.39, 0.29) is 9.92 Å². The smallest absolute Gasteiger partial charge is 0.244 e. The first-order valence-electron chi connectivity index (χ1n) is 8.94. The molecule has 0 unspecified atom stereocenters. The van der Waals surface area contributed by atoms with Gasteiger partial charge in [-0.2, -0.15) is 4.31 Å². The molecule has 0 amide bonds. The van der Waals surface area contributed by atoms with Crippen LogP contribution in [-0.4, -0.2) is 44.1 Å². The van der Waals surface area contributed by atoms with Gasteiger partial charge in [-0.25, -0.2) is 8.42 Å². The van der Waals surface area contributed by atoms with Crippen molar-refractivity contribution in [1.29, 1.82) is 0 Å². The van der Waals surface area contributed by atoms with Crippen LogP contribution in [0.5, 0.6) is 0 Å². The quantitative estimate of drug-likeness (QED) is 0.692. The number of halogens is 1. The molecule has 2 aromatic carbocycles. The molecule has 0 aromatic heterocycles. The van der Waals surface area contributed by atoms with Crippen LogP contribution in [0.3, 0.4) is 0 Å².